The van der Waals surface area contributed by atoms with Crippen molar-refractivity contribution in [3.63, 3.8) is 0 Å². The first-order chi connectivity index (χ1) is 9.49. The molecule has 2 saturated carbocycles. The van der Waals surface area contributed by atoms with Crippen LogP contribution in [0.2, 0.25) is 0 Å². The number of methoxy groups -OCH3 is 1. The zero-order valence-corrected chi connectivity index (χ0v) is 14.3. The van der Waals surface area contributed by atoms with Crippen LogP contribution in [-0.4, -0.2) is 31.7 Å². The summed E-state index contributed by atoms with van der Waals surface area (Å²) in [5.74, 6) is 0.147. The van der Waals surface area contributed by atoms with E-state index in [0.29, 0.717) is 0 Å². The number of nitrogens with one attached hydrogen (secondary N) is 1. The fraction of sp³-hybridized carbons (Fsp3) is 0.938. The predicted octanol–water partition coefficient (Wildman–Crippen LogP) is 2.64. The molecule has 2 aliphatic carbocycles. The molecule has 2 aliphatic rings. The fourth-order valence-electron chi connectivity index (χ4n) is 3.70. The fourth-order valence-corrected chi connectivity index (χ4v) is 3.70. The number of carbonyl (C=O) groups is 1. The average molecular weight is 319 g/mol. The smallest absolute Gasteiger partial charge is 0.224 e. The van der Waals surface area contributed by atoms with Crippen LogP contribution in [0.25, 0.3) is 0 Å². The lowest BCUT2D eigenvalue weighted by molar-refractivity contribution is -0.129. The van der Waals surface area contributed by atoms with Gasteiger partial charge >= 0.3 is 0 Å². The van der Waals surface area contributed by atoms with Crippen molar-refractivity contribution in [3.05, 3.63) is 0 Å². The Kier molecular flexibility index (Phi) is 6.95. The number of hydrogen-bond donors (Lipinski definition) is 2. The summed E-state index contributed by atoms with van der Waals surface area (Å²) < 4.78 is 5.20. The summed E-state index contributed by atoms with van der Waals surface area (Å²) in [6, 6.07) is 0. The number of halogens is 1. The van der Waals surface area contributed by atoms with Crippen LogP contribution in [0.15, 0.2) is 0 Å². The zero-order chi connectivity index (χ0) is 14.6. The minimum atomic E-state index is -0.332. The van der Waals surface area contributed by atoms with Crippen LogP contribution in [-0.2, 0) is 9.53 Å². The molecule has 2 rings (SSSR count). The van der Waals surface area contributed by atoms with Gasteiger partial charge in [-0.1, -0.05) is 19.3 Å². The van der Waals surface area contributed by atoms with E-state index in [1.807, 2.05) is 6.92 Å². The van der Waals surface area contributed by atoms with Crippen molar-refractivity contribution in [3.8, 4) is 0 Å². The highest BCUT2D eigenvalue weighted by Crippen LogP contribution is 2.43. The van der Waals surface area contributed by atoms with E-state index in [9.17, 15) is 4.79 Å². The maximum atomic E-state index is 12.5. The number of hydrogen-bond acceptors (Lipinski definition) is 3. The first-order valence-electron chi connectivity index (χ1n) is 8.05. The maximum Gasteiger partial charge on any atom is 0.224 e. The van der Waals surface area contributed by atoms with Gasteiger partial charge < -0.3 is 15.8 Å². The van der Waals surface area contributed by atoms with Gasteiger partial charge in [-0.05, 0) is 44.4 Å². The van der Waals surface area contributed by atoms with Crippen molar-refractivity contribution in [1.29, 1.82) is 0 Å². The lowest BCUT2D eigenvalue weighted by Gasteiger charge is -2.43. The molecule has 21 heavy (non-hydrogen) atoms. The third-order valence-electron chi connectivity index (χ3n) is 5.46. The summed E-state index contributed by atoms with van der Waals surface area (Å²) in [5, 5.41) is 3.19. The van der Waals surface area contributed by atoms with E-state index < -0.39 is 0 Å². The molecule has 2 fully saturated rings. The van der Waals surface area contributed by atoms with Gasteiger partial charge in [0.15, 0.2) is 0 Å². The van der Waals surface area contributed by atoms with Crippen LogP contribution in [0.1, 0.15) is 58.3 Å². The second-order valence-electron chi connectivity index (χ2n) is 7.12. The van der Waals surface area contributed by atoms with Gasteiger partial charge in [-0.2, -0.15) is 0 Å². The SMILES string of the molecule is COCCC1(CNC(=O)C2CCCCC2(C)N)CCC1.Cl. The van der Waals surface area contributed by atoms with Crippen LogP contribution in [0.4, 0.5) is 0 Å². The molecule has 0 aromatic heterocycles. The molecule has 0 aliphatic heterocycles. The third kappa shape index (κ3) is 4.57. The Morgan fingerprint density at radius 1 is 1.29 bits per heavy atom. The maximum absolute atomic E-state index is 12.5. The molecule has 0 aromatic rings. The van der Waals surface area contributed by atoms with Gasteiger partial charge in [0.1, 0.15) is 0 Å². The lowest BCUT2D eigenvalue weighted by atomic mass is 9.66. The molecule has 1 amide bonds. The molecular weight excluding hydrogens is 288 g/mol. The molecule has 2 unspecified atom stereocenters. The normalized spacial score (nSPS) is 30.9. The number of nitrogens with two attached hydrogens (primary N) is 1. The predicted molar refractivity (Wildman–Crippen MR) is 87.6 cm³/mol. The number of carbonyl (C=O) groups excluding carboxylic acids is 1. The standard InChI is InChI=1S/C16H30N2O2.ClH/c1-15(17)7-4-3-6-13(15)14(19)18-12-16(8-5-9-16)10-11-20-2;/h13H,3-12,17H2,1-2H3,(H,18,19);1H. The van der Waals surface area contributed by atoms with Crippen molar-refractivity contribution in [2.75, 3.05) is 20.3 Å². The van der Waals surface area contributed by atoms with E-state index in [4.69, 9.17) is 10.5 Å². The van der Waals surface area contributed by atoms with Gasteiger partial charge in [0.25, 0.3) is 0 Å². The number of amides is 1. The Bertz CT molecular complexity index is 343. The van der Waals surface area contributed by atoms with Crippen LogP contribution in [0.5, 0.6) is 0 Å². The summed E-state index contributed by atoms with van der Waals surface area (Å²) in [6.07, 6.45) is 8.91. The van der Waals surface area contributed by atoms with Crippen molar-refractivity contribution in [1.82, 2.24) is 5.32 Å². The second kappa shape index (κ2) is 7.80. The van der Waals surface area contributed by atoms with Crippen LogP contribution < -0.4 is 11.1 Å². The molecule has 0 heterocycles. The van der Waals surface area contributed by atoms with E-state index in [-0.39, 0.29) is 35.2 Å². The van der Waals surface area contributed by atoms with Crippen molar-refractivity contribution < 1.29 is 9.53 Å². The van der Waals surface area contributed by atoms with Gasteiger partial charge in [-0.3, -0.25) is 4.79 Å². The quantitative estimate of drug-likeness (QED) is 0.791. The highest BCUT2D eigenvalue weighted by atomic mass is 35.5. The topological polar surface area (TPSA) is 64.3 Å². The monoisotopic (exact) mass is 318 g/mol. The van der Waals surface area contributed by atoms with E-state index in [0.717, 1.165) is 45.3 Å². The molecule has 0 radical (unpaired) electrons. The van der Waals surface area contributed by atoms with Gasteiger partial charge in [-0.25, -0.2) is 0 Å². The molecular formula is C16H31ClN2O2. The Balaban J connectivity index is 0.00000220. The van der Waals surface area contributed by atoms with Crippen molar-refractivity contribution in [2.24, 2.45) is 17.1 Å². The van der Waals surface area contributed by atoms with Crippen molar-refractivity contribution in [2.45, 2.75) is 63.8 Å². The van der Waals surface area contributed by atoms with E-state index in [1.54, 1.807) is 7.11 Å². The molecule has 2 atom stereocenters. The third-order valence-corrected chi connectivity index (χ3v) is 5.46. The van der Waals surface area contributed by atoms with Gasteiger partial charge in [0.2, 0.25) is 5.91 Å². The van der Waals surface area contributed by atoms with Crippen LogP contribution in [0.3, 0.4) is 0 Å². The molecule has 0 aromatic carbocycles. The number of ether oxygens (including phenoxy) is 1. The molecule has 124 valence electrons. The van der Waals surface area contributed by atoms with E-state index in [1.165, 1.54) is 19.3 Å². The minimum absolute atomic E-state index is 0. The average Bonchev–Trinajstić information content (AvgIpc) is 2.36. The summed E-state index contributed by atoms with van der Waals surface area (Å²) in [5.41, 5.74) is 6.26. The minimum Gasteiger partial charge on any atom is -0.385 e. The molecule has 0 spiro atoms. The Hall–Kier alpha value is -0.320. The highest BCUT2D eigenvalue weighted by molar-refractivity contribution is 5.85. The van der Waals surface area contributed by atoms with Crippen LogP contribution in [0, 0.1) is 11.3 Å². The van der Waals surface area contributed by atoms with Crippen LogP contribution >= 0.6 is 12.4 Å². The Morgan fingerprint density at radius 2 is 2.00 bits per heavy atom. The number of rotatable bonds is 6. The second-order valence-corrected chi connectivity index (χ2v) is 7.12. The summed E-state index contributed by atoms with van der Waals surface area (Å²) in [4.78, 5) is 12.5. The van der Waals surface area contributed by atoms with Gasteiger partial charge in [0.05, 0.1) is 5.92 Å². The first kappa shape index (κ1) is 18.7. The molecule has 4 nitrogen and oxygen atoms in total. The van der Waals surface area contributed by atoms with Gasteiger partial charge in [0, 0.05) is 25.8 Å². The first-order valence-corrected chi connectivity index (χ1v) is 8.05. The molecule has 5 heteroatoms. The van der Waals surface area contributed by atoms with E-state index >= 15 is 0 Å². The summed E-state index contributed by atoms with van der Waals surface area (Å²) in [7, 11) is 1.74. The van der Waals surface area contributed by atoms with Crippen molar-refractivity contribution >= 4 is 18.3 Å². The van der Waals surface area contributed by atoms with E-state index in [2.05, 4.69) is 5.32 Å². The Morgan fingerprint density at radius 3 is 2.52 bits per heavy atom. The molecule has 0 bridgehead atoms. The Labute approximate surface area is 135 Å². The largest absolute Gasteiger partial charge is 0.385 e. The summed E-state index contributed by atoms with van der Waals surface area (Å²) >= 11 is 0. The molecule has 3 N–H and O–H groups in total. The summed E-state index contributed by atoms with van der Waals surface area (Å²) in [6.45, 7) is 3.61. The molecule has 0 saturated heterocycles. The van der Waals surface area contributed by atoms with Gasteiger partial charge in [-0.15, -0.1) is 12.4 Å². The lowest BCUT2D eigenvalue weighted by Crippen LogP contribution is -2.54. The zero-order valence-electron chi connectivity index (χ0n) is 13.5. The highest BCUT2D eigenvalue weighted by Gasteiger charge is 2.40.